The zero-order valence-corrected chi connectivity index (χ0v) is 11.3. The Morgan fingerprint density at radius 2 is 1.94 bits per heavy atom. The maximum Gasteiger partial charge on any atom is 0.119 e. The van der Waals surface area contributed by atoms with Crippen molar-refractivity contribution in [3.8, 4) is 5.75 Å². The molecule has 0 spiro atoms. The third-order valence-corrected chi connectivity index (χ3v) is 3.48. The summed E-state index contributed by atoms with van der Waals surface area (Å²) in [6.45, 7) is 4.29. The number of rotatable bonds is 6. The molecule has 1 aliphatic heterocycles. The number of para-hydroxylation sites is 1. The Kier molecular flexibility index (Phi) is 5.49. The molecule has 1 aromatic rings. The first-order valence-corrected chi connectivity index (χ1v) is 6.94. The number of piperidine rings is 1. The predicted octanol–water partition coefficient (Wildman–Crippen LogP) is 2.14. The van der Waals surface area contributed by atoms with Gasteiger partial charge in [-0.1, -0.05) is 18.2 Å². The van der Waals surface area contributed by atoms with Gasteiger partial charge in [-0.3, -0.25) is 0 Å². The first-order chi connectivity index (χ1) is 8.84. The van der Waals surface area contributed by atoms with Gasteiger partial charge in [-0.25, -0.2) is 0 Å². The van der Waals surface area contributed by atoms with Crippen LogP contribution in [-0.2, 0) is 0 Å². The van der Waals surface area contributed by atoms with Crippen molar-refractivity contribution in [2.24, 2.45) is 0 Å². The molecule has 0 aliphatic carbocycles. The largest absolute Gasteiger partial charge is 0.494 e. The number of nitrogens with zero attached hydrogens (tertiary/aromatic N) is 1. The first kappa shape index (κ1) is 13.4. The van der Waals surface area contributed by atoms with Crippen molar-refractivity contribution in [3.05, 3.63) is 30.3 Å². The van der Waals surface area contributed by atoms with Gasteiger partial charge in [0.1, 0.15) is 5.75 Å². The Morgan fingerprint density at radius 1 is 1.22 bits per heavy atom. The molecule has 1 heterocycles. The number of nitrogens with one attached hydrogen (secondary N) is 1. The van der Waals surface area contributed by atoms with Crippen molar-refractivity contribution in [2.75, 3.05) is 33.3 Å². The van der Waals surface area contributed by atoms with Gasteiger partial charge in [-0.2, -0.15) is 0 Å². The van der Waals surface area contributed by atoms with Gasteiger partial charge in [-0.15, -0.1) is 0 Å². The van der Waals surface area contributed by atoms with Gasteiger partial charge in [-0.05, 0) is 58.1 Å². The van der Waals surface area contributed by atoms with Crippen LogP contribution in [0.3, 0.4) is 0 Å². The second-order valence-electron chi connectivity index (χ2n) is 5.05. The summed E-state index contributed by atoms with van der Waals surface area (Å²) < 4.78 is 5.66. The van der Waals surface area contributed by atoms with Crippen LogP contribution < -0.4 is 10.1 Å². The Hall–Kier alpha value is -1.06. The normalized spacial score (nSPS) is 17.8. The molecule has 3 heteroatoms. The number of ether oxygens (including phenoxy) is 1. The fraction of sp³-hybridized carbons (Fsp3) is 0.600. The van der Waals surface area contributed by atoms with E-state index in [9.17, 15) is 0 Å². The lowest BCUT2D eigenvalue weighted by atomic mass is 10.1. The second-order valence-corrected chi connectivity index (χ2v) is 5.05. The molecule has 0 unspecified atom stereocenters. The molecule has 1 aromatic carbocycles. The molecular weight excluding hydrogens is 224 g/mol. The second kappa shape index (κ2) is 7.39. The standard InChI is InChI=1S/C15H24N2O/c1-17-11-8-14(9-12-17)16-10-5-13-18-15-6-3-2-4-7-15/h2-4,6-7,14,16H,5,8-13H2,1H3. The van der Waals surface area contributed by atoms with Crippen LogP contribution in [0.4, 0.5) is 0 Å². The Labute approximate surface area is 110 Å². The lowest BCUT2D eigenvalue weighted by Gasteiger charge is -2.29. The quantitative estimate of drug-likeness (QED) is 0.781. The van der Waals surface area contributed by atoms with Gasteiger partial charge in [0.2, 0.25) is 0 Å². The molecule has 0 bridgehead atoms. The minimum absolute atomic E-state index is 0.706. The van der Waals surface area contributed by atoms with Crippen molar-refractivity contribution in [2.45, 2.75) is 25.3 Å². The van der Waals surface area contributed by atoms with E-state index in [1.807, 2.05) is 30.3 Å². The summed E-state index contributed by atoms with van der Waals surface area (Å²) in [5, 5.41) is 3.62. The lowest BCUT2D eigenvalue weighted by Crippen LogP contribution is -2.41. The zero-order chi connectivity index (χ0) is 12.6. The van der Waals surface area contributed by atoms with E-state index < -0.39 is 0 Å². The Bertz CT molecular complexity index is 321. The highest BCUT2D eigenvalue weighted by molar-refractivity contribution is 5.20. The SMILES string of the molecule is CN1CCC(NCCCOc2ccccc2)CC1. The van der Waals surface area contributed by atoms with Crippen molar-refractivity contribution >= 4 is 0 Å². The van der Waals surface area contributed by atoms with Crippen LogP contribution in [0.5, 0.6) is 5.75 Å². The third kappa shape index (κ3) is 4.67. The molecule has 0 radical (unpaired) electrons. The van der Waals surface area contributed by atoms with E-state index in [0.29, 0.717) is 6.04 Å². The molecule has 2 rings (SSSR count). The summed E-state index contributed by atoms with van der Waals surface area (Å²) in [6, 6.07) is 10.7. The average molecular weight is 248 g/mol. The number of hydrogen-bond donors (Lipinski definition) is 1. The molecule has 1 fully saturated rings. The van der Waals surface area contributed by atoms with Crippen molar-refractivity contribution in [1.29, 1.82) is 0 Å². The molecular formula is C15H24N2O. The average Bonchev–Trinajstić information content (AvgIpc) is 2.42. The summed E-state index contributed by atoms with van der Waals surface area (Å²) in [7, 11) is 2.20. The van der Waals surface area contributed by atoms with Gasteiger partial charge in [0.05, 0.1) is 6.61 Å². The Balaban J connectivity index is 1.51. The van der Waals surface area contributed by atoms with Gasteiger partial charge < -0.3 is 15.0 Å². The van der Waals surface area contributed by atoms with E-state index in [-0.39, 0.29) is 0 Å². The van der Waals surface area contributed by atoms with Gasteiger partial charge in [0.25, 0.3) is 0 Å². The van der Waals surface area contributed by atoms with Crippen molar-refractivity contribution < 1.29 is 4.74 Å². The lowest BCUT2D eigenvalue weighted by molar-refractivity contribution is 0.230. The molecule has 3 nitrogen and oxygen atoms in total. The highest BCUT2D eigenvalue weighted by atomic mass is 16.5. The van der Waals surface area contributed by atoms with Gasteiger partial charge in [0.15, 0.2) is 0 Å². The maximum atomic E-state index is 5.66. The first-order valence-electron chi connectivity index (χ1n) is 6.94. The fourth-order valence-corrected chi connectivity index (χ4v) is 2.30. The van der Waals surface area contributed by atoms with E-state index in [1.54, 1.807) is 0 Å². The zero-order valence-electron chi connectivity index (χ0n) is 11.3. The van der Waals surface area contributed by atoms with E-state index in [0.717, 1.165) is 25.3 Å². The molecule has 1 aliphatic rings. The van der Waals surface area contributed by atoms with Crippen LogP contribution in [0.2, 0.25) is 0 Å². The number of benzene rings is 1. The van der Waals surface area contributed by atoms with E-state index in [1.165, 1.54) is 25.9 Å². The summed E-state index contributed by atoms with van der Waals surface area (Å²) >= 11 is 0. The van der Waals surface area contributed by atoms with E-state index >= 15 is 0 Å². The van der Waals surface area contributed by atoms with Crippen molar-refractivity contribution in [3.63, 3.8) is 0 Å². The Morgan fingerprint density at radius 3 is 2.67 bits per heavy atom. The van der Waals surface area contributed by atoms with E-state index in [2.05, 4.69) is 17.3 Å². The highest BCUT2D eigenvalue weighted by Gasteiger charge is 2.15. The van der Waals surface area contributed by atoms with Crippen LogP contribution in [0.15, 0.2) is 30.3 Å². The van der Waals surface area contributed by atoms with Crippen LogP contribution in [0.25, 0.3) is 0 Å². The topological polar surface area (TPSA) is 24.5 Å². The van der Waals surface area contributed by atoms with Crippen LogP contribution >= 0.6 is 0 Å². The molecule has 0 amide bonds. The summed E-state index contributed by atoms with van der Waals surface area (Å²) in [6.07, 6.45) is 3.62. The van der Waals surface area contributed by atoms with Gasteiger partial charge in [0, 0.05) is 6.04 Å². The molecule has 0 saturated carbocycles. The number of likely N-dealkylation sites (tertiary alicyclic amines) is 1. The minimum Gasteiger partial charge on any atom is -0.494 e. The summed E-state index contributed by atoms with van der Waals surface area (Å²) in [5.74, 6) is 0.969. The number of hydrogen-bond acceptors (Lipinski definition) is 3. The monoisotopic (exact) mass is 248 g/mol. The smallest absolute Gasteiger partial charge is 0.119 e. The van der Waals surface area contributed by atoms with Crippen LogP contribution in [-0.4, -0.2) is 44.2 Å². The molecule has 100 valence electrons. The summed E-state index contributed by atoms with van der Waals surface area (Å²) in [4.78, 5) is 2.40. The fourth-order valence-electron chi connectivity index (χ4n) is 2.30. The molecule has 0 aromatic heterocycles. The van der Waals surface area contributed by atoms with E-state index in [4.69, 9.17) is 4.74 Å². The predicted molar refractivity (Wildman–Crippen MR) is 75.1 cm³/mol. The van der Waals surface area contributed by atoms with Crippen LogP contribution in [0, 0.1) is 0 Å². The minimum atomic E-state index is 0.706. The maximum absolute atomic E-state index is 5.66. The molecule has 0 atom stereocenters. The highest BCUT2D eigenvalue weighted by Crippen LogP contribution is 2.09. The summed E-state index contributed by atoms with van der Waals surface area (Å²) in [5.41, 5.74) is 0. The van der Waals surface area contributed by atoms with Crippen LogP contribution in [0.1, 0.15) is 19.3 Å². The molecule has 1 N–H and O–H groups in total. The molecule has 1 saturated heterocycles. The molecule has 18 heavy (non-hydrogen) atoms. The van der Waals surface area contributed by atoms with Crippen molar-refractivity contribution in [1.82, 2.24) is 10.2 Å². The third-order valence-electron chi connectivity index (χ3n) is 3.48. The van der Waals surface area contributed by atoms with Gasteiger partial charge >= 0.3 is 0 Å².